The summed E-state index contributed by atoms with van der Waals surface area (Å²) in [5.74, 6) is 0.884. The molecule has 0 aromatic heterocycles. The Morgan fingerprint density at radius 2 is 1.29 bits per heavy atom. The summed E-state index contributed by atoms with van der Waals surface area (Å²) in [5.41, 5.74) is 1.23. The Morgan fingerprint density at radius 3 is 1.79 bits per heavy atom. The summed E-state index contributed by atoms with van der Waals surface area (Å²) in [5, 5.41) is 2.56. The zero-order chi connectivity index (χ0) is 17.0. The molecule has 0 atom stereocenters. The van der Waals surface area contributed by atoms with E-state index in [1.54, 1.807) is 0 Å². The lowest BCUT2D eigenvalue weighted by molar-refractivity contribution is 0.525. The van der Waals surface area contributed by atoms with Gasteiger partial charge in [-0.25, -0.2) is 0 Å². The molecular weight excluding hydrogens is 308 g/mol. The molecule has 0 N–H and O–H groups in total. The predicted molar refractivity (Wildman–Crippen MR) is 104 cm³/mol. The molecule has 3 aromatic carbocycles. The molecule has 0 heterocycles. The van der Waals surface area contributed by atoms with Crippen molar-refractivity contribution < 1.29 is 4.43 Å². The number of benzene rings is 3. The van der Waals surface area contributed by atoms with Crippen LogP contribution in [0.2, 0.25) is 0 Å². The van der Waals surface area contributed by atoms with Crippen LogP contribution in [0.3, 0.4) is 0 Å². The van der Waals surface area contributed by atoms with Gasteiger partial charge in [-0.15, -0.1) is 0 Å². The van der Waals surface area contributed by atoms with Crippen molar-refractivity contribution in [3.63, 3.8) is 0 Å². The molecule has 1 radical (unpaired) electrons. The Bertz CT molecular complexity index is 736. The average molecular weight is 332 g/mol. The number of hydrogen-bond donors (Lipinski definition) is 0. The molecular formula is C22H23OSi. The van der Waals surface area contributed by atoms with Crippen LogP contribution >= 0.6 is 0 Å². The third-order valence-corrected chi connectivity index (χ3v) is 6.52. The molecule has 0 fully saturated rings. The maximum absolute atomic E-state index is 6.63. The monoisotopic (exact) mass is 331 g/mol. The topological polar surface area (TPSA) is 9.23 Å². The molecule has 0 bridgehead atoms. The van der Waals surface area contributed by atoms with E-state index in [4.69, 9.17) is 4.43 Å². The van der Waals surface area contributed by atoms with Crippen molar-refractivity contribution in [2.24, 2.45) is 0 Å². The van der Waals surface area contributed by atoms with Crippen molar-refractivity contribution >= 4 is 19.4 Å². The molecule has 0 aliphatic carbocycles. The second-order valence-corrected chi connectivity index (χ2v) is 9.31. The highest BCUT2D eigenvalue weighted by Gasteiger charge is 2.24. The van der Waals surface area contributed by atoms with Gasteiger partial charge in [0.15, 0.2) is 0 Å². The standard InChI is InChI=1S/C22H23OSi/c1-22(2,3)20-16-10-11-17-21(20)23-24(18-12-6-4-7-13-18)19-14-8-5-9-15-19/h4-16,24H,1-3H3. The van der Waals surface area contributed by atoms with Crippen LogP contribution in [0.15, 0.2) is 78.9 Å². The minimum atomic E-state index is -1.81. The third kappa shape index (κ3) is 3.77. The van der Waals surface area contributed by atoms with Gasteiger partial charge in [-0.1, -0.05) is 99.6 Å². The van der Waals surface area contributed by atoms with E-state index in [9.17, 15) is 0 Å². The van der Waals surface area contributed by atoms with Crippen LogP contribution in [0.1, 0.15) is 26.3 Å². The second-order valence-electron chi connectivity index (χ2n) is 6.98. The van der Waals surface area contributed by atoms with Gasteiger partial charge in [-0.3, -0.25) is 0 Å². The number of para-hydroxylation sites is 1. The van der Waals surface area contributed by atoms with E-state index < -0.39 is 9.04 Å². The minimum absolute atomic E-state index is 0.0272. The molecule has 0 aliphatic rings. The van der Waals surface area contributed by atoms with Crippen LogP contribution in [-0.2, 0) is 5.41 Å². The molecule has 121 valence electrons. The average Bonchev–Trinajstić information content (AvgIpc) is 2.61. The maximum Gasteiger partial charge on any atom is 0.299 e. The summed E-state index contributed by atoms with van der Waals surface area (Å²) in [6.45, 7) is 6.64. The van der Waals surface area contributed by atoms with E-state index in [0.717, 1.165) is 5.75 Å². The fourth-order valence-electron chi connectivity index (χ4n) is 2.81. The smallest absolute Gasteiger partial charge is 0.299 e. The first kappa shape index (κ1) is 16.5. The van der Waals surface area contributed by atoms with Crippen LogP contribution in [0, 0.1) is 6.07 Å². The molecule has 0 spiro atoms. The summed E-state index contributed by atoms with van der Waals surface area (Å²) >= 11 is 0. The quantitative estimate of drug-likeness (QED) is 0.662. The number of hydrogen-bond acceptors (Lipinski definition) is 1. The fourth-order valence-corrected chi connectivity index (χ4v) is 5.04. The first-order chi connectivity index (χ1) is 11.6. The largest absolute Gasteiger partial charge is 0.537 e. The van der Waals surface area contributed by atoms with Crippen LogP contribution in [-0.4, -0.2) is 9.04 Å². The van der Waals surface area contributed by atoms with Crippen molar-refractivity contribution in [1.82, 2.24) is 0 Å². The van der Waals surface area contributed by atoms with Gasteiger partial charge in [0.25, 0.3) is 9.04 Å². The molecule has 0 amide bonds. The molecule has 0 aliphatic heterocycles. The molecule has 0 saturated heterocycles. The van der Waals surface area contributed by atoms with Crippen LogP contribution < -0.4 is 14.8 Å². The Balaban J connectivity index is 2.03. The van der Waals surface area contributed by atoms with Crippen LogP contribution in [0.4, 0.5) is 0 Å². The Kier molecular flexibility index (Phi) is 4.86. The third-order valence-electron chi connectivity index (χ3n) is 4.07. The van der Waals surface area contributed by atoms with E-state index in [-0.39, 0.29) is 5.41 Å². The molecule has 0 saturated carbocycles. The van der Waals surface area contributed by atoms with Crippen LogP contribution in [0.25, 0.3) is 0 Å². The van der Waals surface area contributed by atoms with Gasteiger partial charge in [0, 0.05) is 6.07 Å². The van der Waals surface area contributed by atoms with E-state index in [0.29, 0.717) is 0 Å². The number of rotatable bonds is 4. The lowest BCUT2D eigenvalue weighted by Gasteiger charge is -2.26. The highest BCUT2D eigenvalue weighted by atomic mass is 28.3. The normalized spacial score (nSPS) is 11.5. The molecule has 24 heavy (non-hydrogen) atoms. The summed E-state index contributed by atoms with van der Waals surface area (Å²) in [6.07, 6.45) is 0. The lowest BCUT2D eigenvalue weighted by atomic mass is 9.86. The van der Waals surface area contributed by atoms with Crippen molar-refractivity contribution in [3.05, 3.63) is 90.5 Å². The zero-order valence-corrected chi connectivity index (χ0v) is 15.6. The summed E-state index contributed by atoms with van der Waals surface area (Å²) < 4.78 is 6.63. The molecule has 2 heteroatoms. The van der Waals surface area contributed by atoms with E-state index in [1.807, 2.05) is 12.1 Å². The minimum Gasteiger partial charge on any atom is -0.537 e. The van der Waals surface area contributed by atoms with Crippen molar-refractivity contribution in [1.29, 1.82) is 0 Å². The van der Waals surface area contributed by atoms with E-state index >= 15 is 0 Å². The van der Waals surface area contributed by atoms with Crippen LogP contribution in [0.5, 0.6) is 5.75 Å². The lowest BCUT2D eigenvalue weighted by Crippen LogP contribution is -2.47. The summed E-state index contributed by atoms with van der Waals surface area (Å²) in [7, 11) is -1.81. The first-order valence-electron chi connectivity index (χ1n) is 8.33. The van der Waals surface area contributed by atoms with Crippen molar-refractivity contribution in [3.8, 4) is 5.75 Å². The molecule has 1 nitrogen and oxygen atoms in total. The van der Waals surface area contributed by atoms with Gasteiger partial charge in [-0.2, -0.15) is 0 Å². The van der Waals surface area contributed by atoms with Crippen molar-refractivity contribution in [2.45, 2.75) is 26.2 Å². The van der Waals surface area contributed by atoms with Gasteiger partial charge in [0.1, 0.15) is 5.75 Å². The summed E-state index contributed by atoms with van der Waals surface area (Å²) in [6, 6.07) is 30.6. The molecule has 0 unspecified atom stereocenters. The molecule has 3 rings (SSSR count). The zero-order valence-electron chi connectivity index (χ0n) is 14.5. The van der Waals surface area contributed by atoms with Gasteiger partial charge in [-0.05, 0) is 21.4 Å². The SMILES string of the molecule is CC(C)(C)c1ccc[c]c1O[SiH](c1ccccc1)c1ccccc1. The van der Waals surface area contributed by atoms with Gasteiger partial charge >= 0.3 is 0 Å². The highest BCUT2D eigenvalue weighted by Crippen LogP contribution is 2.30. The summed E-state index contributed by atoms with van der Waals surface area (Å²) in [4.78, 5) is 0. The molecule has 3 aromatic rings. The highest BCUT2D eigenvalue weighted by molar-refractivity contribution is 6.80. The Labute approximate surface area is 146 Å². The fraction of sp³-hybridized carbons (Fsp3) is 0.182. The van der Waals surface area contributed by atoms with Gasteiger partial charge in [0.05, 0.1) is 0 Å². The van der Waals surface area contributed by atoms with E-state index in [1.165, 1.54) is 15.9 Å². The maximum atomic E-state index is 6.63. The van der Waals surface area contributed by atoms with Crippen molar-refractivity contribution in [2.75, 3.05) is 0 Å². The van der Waals surface area contributed by atoms with E-state index in [2.05, 4.69) is 93.6 Å². The second kappa shape index (κ2) is 7.06. The van der Waals surface area contributed by atoms with Gasteiger partial charge in [0.2, 0.25) is 0 Å². The Hall–Kier alpha value is -2.32. The first-order valence-corrected chi connectivity index (χ1v) is 9.96. The predicted octanol–water partition coefficient (Wildman–Crippen LogP) is 3.70. The van der Waals surface area contributed by atoms with Gasteiger partial charge < -0.3 is 4.43 Å². The Morgan fingerprint density at radius 1 is 0.750 bits per heavy atom.